The number of likely N-dealkylation sites (tertiary alicyclic amines) is 2. The molecule has 2 aliphatic heterocycles. The van der Waals surface area contributed by atoms with Crippen LogP contribution < -0.4 is 14.2 Å². The molecule has 60 heavy (non-hydrogen) atoms. The quantitative estimate of drug-likeness (QED) is 0.150. The predicted molar refractivity (Wildman–Crippen MR) is 228 cm³/mol. The van der Waals surface area contributed by atoms with Crippen molar-refractivity contribution in [3.05, 3.63) is 67.3 Å². The van der Waals surface area contributed by atoms with E-state index in [1.807, 2.05) is 59.5 Å². The van der Waals surface area contributed by atoms with Crippen LogP contribution >= 0.6 is 0 Å². The van der Waals surface area contributed by atoms with Gasteiger partial charge in [-0.1, -0.05) is 68.5 Å². The summed E-state index contributed by atoms with van der Waals surface area (Å²) >= 11 is 0. The Labute approximate surface area is 353 Å². The van der Waals surface area contributed by atoms with E-state index in [0.29, 0.717) is 61.0 Å². The number of rotatable bonds is 16. The highest BCUT2D eigenvalue weighted by Gasteiger charge is 2.61. The number of ether oxygens (including phenoxy) is 2. The molecular formula is C47H58N4O8S. The number of benzene rings is 2. The topological polar surface area (TPSA) is 152 Å². The first-order valence-electron chi connectivity index (χ1n) is 22.0. The zero-order chi connectivity index (χ0) is 42.0. The number of allylic oxidation sites excluding steroid dienone is 1. The maximum absolute atomic E-state index is 15.1. The fourth-order valence-electron chi connectivity index (χ4n) is 9.89. The van der Waals surface area contributed by atoms with Crippen LogP contribution in [0.4, 0.5) is 0 Å². The zero-order valence-corrected chi connectivity index (χ0v) is 35.5. The molecule has 2 saturated heterocycles. The van der Waals surface area contributed by atoms with E-state index in [1.165, 1.54) is 0 Å². The monoisotopic (exact) mass is 838 g/mol. The number of piperidine rings is 1. The highest BCUT2D eigenvalue weighted by atomic mass is 32.2. The summed E-state index contributed by atoms with van der Waals surface area (Å²) in [5, 5.41) is 0.141. The fraction of sp³-hybridized carbons (Fsp3) is 0.553. The summed E-state index contributed by atoms with van der Waals surface area (Å²) in [6.07, 6.45) is 11.2. The number of carbonyl (C=O) groups excluding carboxylic acids is 4. The molecule has 320 valence electrons. The minimum atomic E-state index is -3.85. The van der Waals surface area contributed by atoms with Gasteiger partial charge in [0.05, 0.1) is 41.6 Å². The number of Topliss-reactive ketones (excluding diaryl/α,β-unsaturated/α-hetero) is 1. The largest absolute Gasteiger partial charge is 0.497 e. The van der Waals surface area contributed by atoms with Crippen molar-refractivity contribution >= 4 is 44.4 Å². The number of amides is 3. The van der Waals surface area contributed by atoms with Gasteiger partial charge in [-0.2, -0.15) is 0 Å². The average Bonchev–Trinajstić information content (AvgIpc) is 4.20. The molecule has 5 atom stereocenters. The van der Waals surface area contributed by atoms with Crippen LogP contribution in [0.5, 0.6) is 11.5 Å². The van der Waals surface area contributed by atoms with Gasteiger partial charge in [-0.25, -0.2) is 13.4 Å². The van der Waals surface area contributed by atoms with Crippen LogP contribution in [0.15, 0.2) is 67.3 Å². The summed E-state index contributed by atoms with van der Waals surface area (Å²) in [5.74, 6) is -0.788. The Kier molecular flexibility index (Phi) is 12.4. The van der Waals surface area contributed by atoms with Gasteiger partial charge < -0.3 is 19.3 Å². The molecule has 3 aromatic rings. The lowest BCUT2D eigenvalue weighted by molar-refractivity contribution is -0.145. The number of nitrogens with zero attached hydrogens (tertiary/aromatic N) is 3. The third kappa shape index (κ3) is 9.11. The molecule has 8 rings (SSSR count). The van der Waals surface area contributed by atoms with Crippen molar-refractivity contribution in [2.45, 2.75) is 114 Å². The number of pyridine rings is 1. The Morgan fingerprint density at radius 3 is 2.38 bits per heavy atom. The molecule has 0 spiro atoms. The van der Waals surface area contributed by atoms with E-state index in [4.69, 9.17) is 14.5 Å². The zero-order valence-electron chi connectivity index (χ0n) is 34.7. The predicted octanol–water partition coefficient (Wildman–Crippen LogP) is 7.01. The third-order valence-electron chi connectivity index (χ3n) is 13.6. The van der Waals surface area contributed by atoms with E-state index < -0.39 is 44.7 Å². The Morgan fingerprint density at radius 2 is 1.70 bits per heavy atom. The lowest BCUT2D eigenvalue weighted by Gasteiger charge is -2.33. The molecule has 3 saturated carbocycles. The SMILES string of the molecule is C=CC1CC1(CC(=O)C1C[C@@H](Oc2cc(-c3ccccc3)nc3cc(OC)ccc23)CN1C(=O)[C@@H](CC(=O)N1CCCCC1)CC1CCCCC1)C(=O)NS(=O)(=O)C1CC1. The molecule has 2 aromatic carbocycles. The minimum absolute atomic E-state index is 0.0230. The summed E-state index contributed by atoms with van der Waals surface area (Å²) < 4.78 is 40.5. The van der Waals surface area contributed by atoms with Crippen LogP contribution in [-0.2, 0) is 29.2 Å². The van der Waals surface area contributed by atoms with Crippen molar-refractivity contribution in [2.75, 3.05) is 26.7 Å². The van der Waals surface area contributed by atoms with E-state index in [0.717, 1.165) is 62.3 Å². The number of hydrogen-bond donors (Lipinski definition) is 1. The fourth-order valence-corrected chi connectivity index (χ4v) is 11.3. The maximum Gasteiger partial charge on any atom is 0.240 e. The van der Waals surface area contributed by atoms with Gasteiger partial charge in [0.25, 0.3) is 0 Å². The maximum atomic E-state index is 15.1. The summed E-state index contributed by atoms with van der Waals surface area (Å²) in [5.41, 5.74) is 0.963. The molecule has 1 N–H and O–H groups in total. The van der Waals surface area contributed by atoms with E-state index >= 15 is 4.79 Å². The minimum Gasteiger partial charge on any atom is -0.497 e. The number of methoxy groups -OCH3 is 1. The van der Waals surface area contributed by atoms with Gasteiger partial charge in [-0.3, -0.25) is 23.9 Å². The number of aromatic nitrogens is 1. The van der Waals surface area contributed by atoms with Crippen LogP contribution in [-0.4, -0.2) is 90.8 Å². The standard InChI is InChI=1S/C47H58N4O8S/c1-3-34-28-47(34,46(55)49-60(56,57)37-18-19-37)29-42(52)41-26-36(59-43-27-39(32-15-9-5-10-16-32)48-40-25-35(58-2)17-20-38(40)43)30-51(41)45(54)33(23-31-13-7-4-8-14-31)24-44(53)50-21-11-6-12-22-50/h3,5,9-10,15-17,20,25,27,31,33-34,36-37,41H,1,4,6-8,11-14,18-19,21-24,26,28-30H2,2H3,(H,49,55)/t33-,34?,36-,41?,47?/m1/s1. The molecule has 0 radical (unpaired) electrons. The van der Waals surface area contributed by atoms with Gasteiger partial charge in [0.2, 0.25) is 27.7 Å². The summed E-state index contributed by atoms with van der Waals surface area (Å²) in [6, 6.07) is 16.3. The molecule has 0 bridgehead atoms. The van der Waals surface area contributed by atoms with Crippen LogP contribution in [0, 0.1) is 23.2 Å². The summed E-state index contributed by atoms with van der Waals surface area (Å²) in [6.45, 7) is 5.37. The van der Waals surface area contributed by atoms with Crippen LogP contribution in [0.1, 0.15) is 96.3 Å². The highest BCUT2D eigenvalue weighted by Crippen LogP contribution is 2.57. The summed E-state index contributed by atoms with van der Waals surface area (Å²) in [4.78, 5) is 66.0. The third-order valence-corrected chi connectivity index (χ3v) is 15.5. The Hall–Kier alpha value is -4.78. The Bertz CT molecular complexity index is 2220. The lowest BCUT2D eigenvalue weighted by atomic mass is 9.81. The number of sulfonamides is 1. The van der Waals surface area contributed by atoms with Crippen molar-refractivity contribution in [3.8, 4) is 22.8 Å². The molecule has 3 amide bonds. The highest BCUT2D eigenvalue weighted by molar-refractivity contribution is 7.90. The first kappa shape index (κ1) is 41.9. The number of carbonyl (C=O) groups is 4. The summed E-state index contributed by atoms with van der Waals surface area (Å²) in [7, 11) is -2.26. The van der Waals surface area contributed by atoms with Gasteiger partial charge in [-0.15, -0.1) is 6.58 Å². The first-order valence-corrected chi connectivity index (χ1v) is 23.5. The lowest BCUT2D eigenvalue weighted by Crippen LogP contribution is -2.47. The normalized spacial score (nSPS) is 25.1. The van der Waals surface area contributed by atoms with Crippen molar-refractivity contribution in [1.29, 1.82) is 0 Å². The average molecular weight is 839 g/mol. The molecule has 3 aliphatic carbocycles. The molecule has 3 heterocycles. The van der Waals surface area contributed by atoms with Gasteiger partial charge in [-0.05, 0) is 68.9 Å². The number of ketones is 1. The van der Waals surface area contributed by atoms with E-state index in [-0.39, 0.29) is 55.7 Å². The second kappa shape index (κ2) is 17.7. The second-order valence-electron chi connectivity index (χ2n) is 17.8. The number of fused-ring (bicyclic) bond motifs is 1. The molecule has 12 nitrogen and oxygen atoms in total. The second-order valence-corrected chi connectivity index (χ2v) is 19.8. The van der Waals surface area contributed by atoms with Crippen molar-refractivity contribution < 1.29 is 37.1 Å². The van der Waals surface area contributed by atoms with Crippen molar-refractivity contribution in [1.82, 2.24) is 19.5 Å². The van der Waals surface area contributed by atoms with Crippen molar-refractivity contribution in [2.24, 2.45) is 23.2 Å². The number of hydrogen-bond acceptors (Lipinski definition) is 9. The van der Waals surface area contributed by atoms with E-state index in [2.05, 4.69) is 11.3 Å². The van der Waals surface area contributed by atoms with Crippen LogP contribution in [0.2, 0.25) is 0 Å². The van der Waals surface area contributed by atoms with E-state index in [9.17, 15) is 22.8 Å². The van der Waals surface area contributed by atoms with Gasteiger partial charge in [0, 0.05) is 61.4 Å². The molecular weight excluding hydrogens is 781 g/mol. The van der Waals surface area contributed by atoms with Crippen molar-refractivity contribution in [3.63, 3.8) is 0 Å². The van der Waals surface area contributed by atoms with Gasteiger partial charge in [0.1, 0.15) is 17.6 Å². The Balaban J connectivity index is 1.11. The number of nitrogens with one attached hydrogen (secondary N) is 1. The van der Waals surface area contributed by atoms with Gasteiger partial charge >= 0.3 is 0 Å². The van der Waals surface area contributed by atoms with Gasteiger partial charge in [0.15, 0.2) is 5.78 Å². The molecule has 3 unspecified atom stereocenters. The molecule has 13 heteroatoms. The molecule has 5 fully saturated rings. The Morgan fingerprint density at radius 1 is 0.967 bits per heavy atom. The van der Waals surface area contributed by atoms with Crippen LogP contribution in [0.25, 0.3) is 22.2 Å². The smallest absolute Gasteiger partial charge is 0.240 e. The molecule has 1 aromatic heterocycles. The molecule has 5 aliphatic rings. The van der Waals surface area contributed by atoms with E-state index in [1.54, 1.807) is 18.1 Å². The first-order chi connectivity index (χ1) is 29.0. The van der Waals surface area contributed by atoms with Crippen LogP contribution in [0.3, 0.4) is 0 Å².